The third kappa shape index (κ3) is 4.32. The predicted octanol–water partition coefficient (Wildman–Crippen LogP) is 12.5. The maximum absolute atomic E-state index is 2.38. The van der Waals surface area contributed by atoms with Gasteiger partial charge in [-0.25, -0.2) is 0 Å². The van der Waals surface area contributed by atoms with Crippen molar-refractivity contribution in [3.8, 4) is 0 Å². The molecule has 210 valence electrons. The Balaban J connectivity index is 1.20. The van der Waals surface area contributed by atoms with Gasteiger partial charge >= 0.3 is 0 Å². The number of hydrogen-bond acceptors (Lipinski definition) is 1. The van der Waals surface area contributed by atoms with Gasteiger partial charge in [0.15, 0.2) is 0 Å². The fraction of sp³-hybridized carbons (Fsp3) is 0. The van der Waals surface area contributed by atoms with Crippen molar-refractivity contribution in [1.82, 2.24) is 0 Å². The van der Waals surface area contributed by atoms with Gasteiger partial charge in [-0.2, -0.15) is 0 Å². The van der Waals surface area contributed by atoms with Crippen LogP contribution in [0.4, 0.5) is 17.1 Å². The molecule has 0 aliphatic rings. The Morgan fingerprint density at radius 1 is 0.356 bits per heavy atom. The first-order valence-electron chi connectivity index (χ1n) is 15.5. The SMILES string of the molecule is C(=Cc1ccc2cc(N(c3ccccc3)c3ccccc3)c3cccc4ccc1c2c43)c1ccc2cc3ccccc3cc2c1. The molecule has 9 aromatic carbocycles. The summed E-state index contributed by atoms with van der Waals surface area (Å²) in [5.74, 6) is 0. The predicted molar refractivity (Wildman–Crippen MR) is 195 cm³/mol. The first-order valence-corrected chi connectivity index (χ1v) is 15.5. The van der Waals surface area contributed by atoms with Gasteiger partial charge in [0.2, 0.25) is 0 Å². The molecule has 0 saturated carbocycles. The molecule has 0 N–H and O–H groups in total. The number of anilines is 3. The lowest BCUT2D eigenvalue weighted by atomic mass is 9.90. The molecule has 1 heteroatoms. The number of fused-ring (bicyclic) bond motifs is 2. The zero-order valence-electron chi connectivity index (χ0n) is 24.7. The topological polar surface area (TPSA) is 3.24 Å². The summed E-state index contributed by atoms with van der Waals surface area (Å²) in [5, 5.41) is 12.7. The highest BCUT2D eigenvalue weighted by molar-refractivity contribution is 6.27. The van der Waals surface area contributed by atoms with E-state index >= 15 is 0 Å². The smallest absolute Gasteiger partial charge is 0.0546 e. The van der Waals surface area contributed by atoms with E-state index in [1.54, 1.807) is 0 Å². The van der Waals surface area contributed by atoms with Gasteiger partial charge in [0.05, 0.1) is 5.69 Å². The van der Waals surface area contributed by atoms with Crippen LogP contribution in [-0.2, 0) is 0 Å². The van der Waals surface area contributed by atoms with Crippen molar-refractivity contribution in [2.75, 3.05) is 4.90 Å². The second kappa shape index (κ2) is 10.4. The van der Waals surface area contributed by atoms with E-state index in [2.05, 4.69) is 181 Å². The van der Waals surface area contributed by atoms with Crippen LogP contribution in [0.15, 0.2) is 164 Å². The van der Waals surface area contributed by atoms with Crippen molar-refractivity contribution < 1.29 is 0 Å². The van der Waals surface area contributed by atoms with Gasteiger partial charge in [0, 0.05) is 16.8 Å². The van der Waals surface area contributed by atoms with Gasteiger partial charge in [0.25, 0.3) is 0 Å². The highest BCUT2D eigenvalue weighted by Crippen LogP contribution is 2.45. The summed E-state index contributed by atoms with van der Waals surface area (Å²) in [4.78, 5) is 2.38. The number of benzene rings is 9. The van der Waals surface area contributed by atoms with Gasteiger partial charge in [0.1, 0.15) is 0 Å². The van der Waals surface area contributed by atoms with Crippen LogP contribution in [0, 0.1) is 0 Å². The van der Waals surface area contributed by atoms with E-state index < -0.39 is 0 Å². The Hall–Kier alpha value is -5.92. The number of rotatable bonds is 5. The average Bonchev–Trinajstić information content (AvgIpc) is 3.10. The van der Waals surface area contributed by atoms with Crippen molar-refractivity contribution in [2.45, 2.75) is 0 Å². The molecular formula is C44H29N. The molecule has 1 nitrogen and oxygen atoms in total. The minimum Gasteiger partial charge on any atom is -0.310 e. The number of para-hydroxylation sites is 2. The zero-order chi connectivity index (χ0) is 29.7. The van der Waals surface area contributed by atoms with E-state index in [0.717, 1.165) is 11.4 Å². The van der Waals surface area contributed by atoms with E-state index in [1.165, 1.54) is 70.7 Å². The second-order valence-corrected chi connectivity index (χ2v) is 11.8. The minimum atomic E-state index is 1.14. The molecule has 0 amide bonds. The summed E-state index contributed by atoms with van der Waals surface area (Å²) in [6.45, 7) is 0. The van der Waals surface area contributed by atoms with Crippen LogP contribution in [0.1, 0.15) is 11.1 Å². The summed E-state index contributed by atoms with van der Waals surface area (Å²) in [6, 6.07) is 59.4. The molecule has 9 aromatic rings. The molecule has 0 aliphatic carbocycles. The minimum absolute atomic E-state index is 1.14. The molecule has 45 heavy (non-hydrogen) atoms. The Kier molecular flexibility index (Phi) is 5.89. The Morgan fingerprint density at radius 3 is 1.71 bits per heavy atom. The van der Waals surface area contributed by atoms with E-state index in [1.807, 2.05) is 0 Å². The molecule has 0 aliphatic heterocycles. The van der Waals surface area contributed by atoms with Gasteiger partial charge in [-0.15, -0.1) is 0 Å². The van der Waals surface area contributed by atoms with Gasteiger partial charge in [-0.05, 0) is 108 Å². The quantitative estimate of drug-likeness (QED) is 0.113. The van der Waals surface area contributed by atoms with Crippen LogP contribution >= 0.6 is 0 Å². The summed E-state index contributed by atoms with van der Waals surface area (Å²) < 4.78 is 0. The molecule has 0 heterocycles. The molecule has 0 saturated heterocycles. The second-order valence-electron chi connectivity index (χ2n) is 11.8. The summed E-state index contributed by atoms with van der Waals surface area (Å²) in [6.07, 6.45) is 4.52. The first kappa shape index (κ1) is 25.6. The Morgan fingerprint density at radius 2 is 0.956 bits per heavy atom. The van der Waals surface area contributed by atoms with Crippen LogP contribution in [-0.4, -0.2) is 0 Å². The number of hydrogen-bond donors (Lipinski definition) is 0. The lowest BCUT2D eigenvalue weighted by Crippen LogP contribution is -2.10. The normalized spacial score (nSPS) is 11.9. The van der Waals surface area contributed by atoms with E-state index in [0.29, 0.717) is 0 Å². The molecule has 0 atom stereocenters. The van der Waals surface area contributed by atoms with Crippen molar-refractivity contribution >= 4 is 83.1 Å². The first-order chi connectivity index (χ1) is 22.3. The van der Waals surface area contributed by atoms with Crippen LogP contribution in [0.3, 0.4) is 0 Å². The van der Waals surface area contributed by atoms with Crippen LogP contribution < -0.4 is 4.90 Å². The van der Waals surface area contributed by atoms with Crippen LogP contribution in [0.25, 0.3) is 66.0 Å². The van der Waals surface area contributed by atoms with Crippen molar-refractivity contribution in [3.63, 3.8) is 0 Å². The van der Waals surface area contributed by atoms with Crippen molar-refractivity contribution in [3.05, 3.63) is 175 Å². The van der Waals surface area contributed by atoms with E-state index in [9.17, 15) is 0 Å². The molecule has 0 bridgehead atoms. The zero-order valence-corrected chi connectivity index (χ0v) is 24.7. The van der Waals surface area contributed by atoms with E-state index in [-0.39, 0.29) is 0 Å². The van der Waals surface area contributed by atoms with Crippen LogP contribution in [0.2, 0.25) is 0 Å². The molecule has 0 fully saturated rings. The maximum atomic E-state index is 2.38. The van der Waals surface area contributed by atoms with Crippen LogP contribution in [0.5, 0.6) is 0 Å². The summed E-state index contributed by atoms with van der Waals surface area (Å²) >= 11 is 0. The third-order valence-corrected chi connectivity index (χ3v) is 9.11. The lowest BCUT2D eigenvalue weighted by Gasteiger charge is -2.28. The summed E-state index contributed by atoms with van der Waals surface area (Å²) in [5.41, 5.74) is 5.90. The maximum Gasteiger partial charge on any atom is 0.0546 e. The standard InChI is InChI=1S/C44H29N/c1-3-13-38(14-4-1)45(39-15-5-2-6-16-39)42-29-36-23-22-31(40-25-24-32-12-9-17-41(42)43(32)44(36)40)20-18-30-19-21-35-27-33-10-7-8-11-34(33)28-37(35)26-30/h1-29H. The van der Waals surface area contributed by atoms with Gasteiger partial charge < -0.3 is 4.90 Å². The number of nitrogens with zero attached hydrogens (tertiary/aromatic N) is 1. The highest BCUT2D eigenvalue weighted by Gasteiger charge is 2.19. The van der Waals surface area contributed by atoms with Crippen molar-refractivity contribution in [1.29, 1.82) is 0 Å². The molecule has 0 radical (unpaired) electrons. The molecular weight excluding hydrogens is 542 g/mol. The molecule has 0 aromatic heterocycles. The third-order valence-electron chi connectivity index (χ3n) is 9.11. The van der Waals surface area contributed by atoms with Crippen molar-refractivity contribution in [2.24, 2.45) is 0 Å². The Labute approximate surface area is 262 Å². The molecule has 0 unspecified atom stereocenters. The summed E-state index contributed by atoms with van der Waals surface area (Å²) in [7, 11) is 0. The Bertz CT molecular complexity index is 2490. The van der Waals surface area contributed by atoms with Gasteiger partial charge in [-0.3, -0.25) is 0 Å². The highest BCUT2D eigenvalue weighted by atomic mass is 15.1. The average molecular weight is 572 g/mol. The fourth-order valence-electron chi connectivity index (χ4n) is 6.99. The van der Waals surface area contributed by atoms with E-state index in [4.69, 9.17) is 0 Å². The molecule has 0 spiro atoms. The monoisotopic (exact) mass is 571 g/mol. The largest absolute Gasteiger partial charge is 0.310 e. The molecule has 9 rings (SSSR count). The lowest BCUT2D eigenvalue weighted by molar-refractivity contribution is 1.30. The fourth-order valence-corrected chi connectivity index (χ4v) is 6.99. The van der Waals surface area contributed by atoms with Gasteiger partial charge in [-0.1, -0.05) is 127 Å².